The highest BCUT2D eigenvalue weighted by atomic mass is 32.2. The van der Waals surface area contributed by atoms with Crippen LogP contribution in [-0.4, -0.2) is 40.0 Å². The molecule has 0 saturated heterocycles. The monoisotopic (exact) mass is 299 g/mol. The van der Waals surface area contributed by atoms with Crippen LogP contribution in [-0.2, 0) is 17.8 Å². The van der Waals surface area contributed by atoms with Crippen molar-refractivity contribution in [3.05, 3.63) is 5.82 Å². The van der Waals surface area contributed by atoms with Crippen molar-refractivity contribution >= 4 is 17.7 Å². The maximum absolute atomic E-state index is 11.3. The number of rotatable bonds is 9. The van der Waals surface area contributed by atoms with Crippen LogP contribution in [0, 0.1) is 5.92 Å². The number of aryl methyl sites for hydroxylation is 1. The first-order valence-corrected chi connectivity index (χ1v) is 8.23. The molecule has 0 aliphatic heterocycles. The highest BCUT2D eigenvalue weighted by Gasteiger charge is 2.12. The van der Waals surface area contributed by atoms with Gasteiger partial charge in [-0.1, -0.05) is 25.6 Å². The zero-order chi connectivity index (χ0) is 15.0. The molecule has 0 aromatic carbocycles. The first-order chi connectivity index (χ1) is 9.58. The maximum Gasteiger partial charge on any atom is 0.221 e. The molecule has 0 aliphatic carbocycles. The molecule has 6 nitrogen and oxygen atoms in total. The number of nitrogens with zero attached hydrogens (tertiary/aromatic N) is 3. The first kappa shape index (κ1) is 17.0. The number of nitrogens with two attached hydrogens (primary N) is 1. The summed E-state index contributed by atoms with van der Waals surface area (Å²) >= 11 is 1.61. The van der Waals surface area contributed by atoms with E-state index in [-0.39, 0.29) is 5.91 Å². The summed E-state index contributed by atoms with van der Waals surface area (Å²) in [5, 5.41) is 12.3. The number of thioether (sulfide) groups is 1. The SMILES string of the molecule is CSc1nnc(CCCNC(=O)CCN)n1CC(C)C. The second-order valence-electron chi connectivity index (χ2n) is 5.10. The zero-order valence-electron chi connectivity index (χ0n) is 12.6. The van der Waals surface area contributed by atoms with E-state index in [9.17, 15) is 4.79 Å². The molecule has 0 saturated carbocycles. The third-order valence-corrected chi connectivity index (χ3v) is 3.46. The second kappa shape index (κ2) is 8.97. The van der Waals surface area contributed by atoms with Gasteiger partial charge in [-0.15, -0.1) is 10.2 Å². The fraction of sp³-hybridized carbons (Fsp3) is 0.769. The summed E-state index contributed by atoms with van der Waals surface area (Å²) < 4.78 is 2.18. The lowest BCUT2D eigenvalue weighted by Gasteiger charge is -2.11. The Balaban J connectivity index is 2.47. The Morgan fingerprint density at radius 2 is 2.20 bits per heavy atom. The summed E-state index contributed by atoms with van der Waals surface area (Å²) in [5.74, 6) is 1.57. The van der Waals surface area contributed by atoms with Crippen molar-refractivity contribution in [3.63, 3.8) is 0 Å². The van der Waals surface area contributed by atoms with Crippen LogP contribution in [0.4, 0.5) is 0 Å². The Labute approximate surface area is 124 Å². The summed E-state index contributed by atoms with van der Waals surface area (Å²) in [7, 11) is 0. The Bertz CT molecular complexity index is 419. The average Bonchev–Trinajstić information content (AvgIpc) is 2.76. The van der Waals surface area contributed by atoms with Crippen LogP contribution in [0.15, 0.2) is 5.16 Å². The molecule has 0 atom stereocenters. The van der Waals surface area contributed by atoms with Crippen LogP contribution < -0.4 is 11.1 Å². The molecule has 1 rings (SSSR count). The van der Waals surface area contributed by atoms with Crippen molar-refractivity contribution in [2.24, 2.45) is 11.7 Å². The van der Waals surface area contributed by atoms with Crippen LogP contribution in [0.2, 0.25) is 0 Å². The highest BCUT2D eigenvalue weighted by Crippen LogP contribution is 2.16. The smallest absolute Gasteiger partial charge is 0.221 e. The third kappa shape index (κ3) is 5.50. The molecule has 0 spiro atoms. The Morgan fingerprint density at radius 3 is 2.80 bits per heavy atom. The van der Waals surface area contributed by atoms with E-state index in [1.54, 1.807) is 11.8 Å². The summed E-state index contributed by atoms with van der Waals surface area (Å²) in [6, 6.07) is 0. The van der Waals surface area contributed by atoms with E-state index >= 15 is 0 Å². The van der Waals surface area contributed by atoms with Crippen molar-refractivity contribution in [3.8, 4) is 0 Å². The van der Waals surface area contributed by atoms with Gasteiger partial charge in [-0.25, -0.2) is 0 Å². The number of hydrogen-bond donors (Lipinski definition) is 2. The van der Waals surface area contributed by atoms with Gasteiger partial charge in [0, 0.05) is 32.5 Å². The van der Waals surface area contributed by atoms with Gasteiger partial charge in [-0.3, -0.25) is 4.79 Å². The van der Waals surface area contributed by atoms with Crippen LogP contribution in [0.3, 0.4) is 0 Å². The molecular formula is C13H25N5OS. The molecule has 1 heterocycles. The second-order valence-corrected chi connectivity index (χ2v) is 5.87. The zero-order valence-corrected chi connectivity index (χ0v) is 13.4. The largest absolute Gasteiger partial charge is 0.356 e. The lowest BCUT2D eigenvalue weighted by Crippen LogP contribution is -2.26. The van der Waals surface area contributed by atoms with E-state index in [1.165, 1.54) is 0 Å². The van der Waals surface area contributed by atoms with Gasteiger partial charge in [-0.2, -0.15) is 0 Å². The maximum atomic E-state index is 11.3. The molecule has 0 fully saturated rings. The van der Waals surface area contributed by atoms with Gasteiger partial charge in [0.05, 0.1) is 0 Å². The number of aromatic nitrogens is 3. The van der Waals surface area contributed by atoms with Crippen molar-refractivity contribution < 1.29 is 4.79 Å². The summed E-state index contributed by atoms with van der Waals surface area (Å²) in [5.41, 5.74) is 5.32. The molecule has 1 aromatic heterocycles. The lowest BCUT2D eigenvalue weighted by atomic mass is 10.2. The molecule has 0 aliphatic rings. The molecule has 0 unspecified atom stereocenters. The molecule has 114 valence electrons. The molecule has 1 aromatic rings. The normalized spacial score (nSPS) is 11.1. The lowest BCUT2D eigenvalue weighted by molar-refractivity contribution is -0.120. The van der Waals surface area contributed by atoms with E-state index in [1.807, 2.05) is 6.26 Å². The van der Waals surface area contributed by atoms with E-state index < -0.39 is 0 Å². The number of carbonyl (C=O) groups is 1. The summed E-state index contributed by atoms with van der Waals surface area (Å²) in [6.07, 6.45) is 4.09. The molecule has 1 amide bonds. The van der Waals surface area contributed by atoms with Gasteiger partial charge in [0.25, 0.3) is 0 Å². The fourth-order valence-corrected chi connectivity index (χ4v) is 2.42. The summed E-state index contributed by atoms with van der Waals surface area (Å²) in [4.78, 5) is 11.3. The fourth-order valence-electron chi connectivity index (χ4n) is 1.90. The van der Waals surface area contributed by atoms with Gasteiger partial charge in [0.15, 0.2) is 5.16 Å². The molecule has 0 radical (unpaired) electrons. The Kier molecular flexibility index (Phi) is 7.61. The van der Waals surface area contributed by atoms with Crippen LogP contribution in [0.25, 0.3) is 0 Å². The minimum atomic E-state index is 0.0148. The molecule has 20 heavy (non-hydrogen) atoms. The van der Waals surface area contributed by atoms with Gasteiger partial charge < -0.3 is 15.6 Å². The number of hydrogen-bond acceptors (Lipinski definition) is 5. The standard InChI is InChI=1S/C13H25N5OS/c1-10(2)9-18-11(16-17-13(18)20-3)5-4-8-15-12(19)6-7-14/h10H,4-9,14H2,1-3H3,(H,15,19). The van der Waals surface area contributed by atoms with Crippen molar-refractivity contribution in [2.45, 2.75) is 44.8 Å². The molecule has 3 N–H and O–H groups in total. The third-order valence-electron chi connectivity index (χ3n) is 2.79. The van der Waals surface area contributed by atoms with Gasteiger partial charge in [0.2, 0.25) is 5.91 Å². The number of carbonyl (C=O) groups excluding carboxylic acids is 1. The van der Waals surface area contributed by atoms with Crippen molar-refractivity contribution in [2.75, 3.05) is 19.3 Å². The quantitative estimate of drug-likeness (QED) is 0.526. The Hall–Kier alpha value is -1.08. The minimum absolute atomic E-state index is 0.0148. The highest BCUT2D eigenvalue weighted by molar-refractivity contribution is 7.98. The van der Waals surface area contributed by atoms with Gasteiger partial charge in [0.1, 0.15) is 5.82 Å². The topological polar surface area (TPSA) is 85.8 Å². The van der Waals surface area contributed by atoms with Crippen molar-refractivity contribution in [1.82, 2.24) is 20.1 Å². The van der Waals surface area contributed by atoms with Crippen LogP contribution in [0.5, 0.6) is 0 Å². The van der Waals surface area contributed by atoms with Gasteiger partial charge >= 0.3 is 0 Å². The predicted molar refractivity (Wildman–Crippen MR) is 81.6 cm³/mol. The predicted octanol–water partition coefficient (Wildman–Crippen LogP) is 1.05. The number of nitrogens with one attached hydrogen (secondary N) is 1. The van der Waals surface area contributed by atoms with Crippen molar-refractivity contribution in [1.29, 1.82) is 0 Å². The Morgan fingerprint density at radius 1 is 1.45 bits per heavy atom. The molecule has 0 bridgehead atoms. The van der Waals surface area contributed by atoms with Crippen LogP contribution >= 0.6 is 11.8 Å². The number of amides is 1. The first-order valence-electron chi connectivity index (χ1n) is 7.01. The van der Waals surface area contributed by atoms with E-state index in [0.29, 0.717) is 25.4 Å². The summed E-state index contributed by atoms with van der Waals surface area (Å²) in [6.45, 7) is 6.34. The minimum Gasteiger partial charge on any atom is -0.356 e. The van der Waals surface area contributed by atoms with Crippen LogP contribution in [0.1, 0.15) is 32.5 Å². The van der Waals surface area contributed by atoms with E-state index in [0.717, 1.165) is 30.4 Å². The average molecular weight is 299 g/mol. The molecule has 7 heteroatoms. The van der Waals surface area contributed by atoms with E-state index in [2.05, 4.69) is 33.9 Å². The van der Waals surface area contributed by atoms with Gasteiger partial charge in [-0.05, 0) is 18.6 Å². The van der Waals surface area contributed by atoms with E-state index in [4.69, 9.17) is 5.73 Å². The molecular weight excluding hydrogens is 274 g/mol.